The minimum absolute atomic E-state index is 0.148. The maximum atomic E-state index is 13.5. The third-order valence-electron chi connectivity index (χ3n) is 7.87. The van der Waals surface area contributed by atoms with Gasteiger partial charge in [-0.05, 0) is 41.2 Å². The van der Waals surface area contributed by atoms with Crippen molar-refractivity contribution < 1.29 is 14.7 Å². The van der Waals surface area contributed by atoms with Crippen LogP contribution in [0.1, 0.15) is 57.5 Å². The summed E-state index contributed by atoms with van der Waals surface area (Å²) in [5.41, 5.74) is 5.71. The van der Waals surface area contributed by atoms with Crippen molar-refractivity contribution in [2.75, 3.05) is 23.8 Å². The molecule has 47 heavy (non-hydrogen) atoms. The SMILES string of the molecule is CCc1ccc2c(c1)C=Cc1cc(C)ccc1C2c1cn(-c2ccnc(N(C)CC(=O)Nc3nc(CC(=O)O)cs3)n2)c(=O)[nH]c1=O. The van der Waals surface area contributed by atoms with E-state index in [9.17, 15) is 19.2 Å². The molecule has 0 bridgehead atoms. The Bertz CT molecular complexity index is 2170. The molecule has 6 rings (SSSR count). The number of rotatable bonds is 9. The van der Waals surface area contributed by atoms with Crippen molar-refractivity contribution in [1.29, 1.82) is 0 Å². The first-order valence-corrected chi connectivity index (χ1v) is 15.8. The fourth-order valence-electron chi connectivity index (χ4n) is 5.60. The van der Waals surface area contributed by atoms with Crippen molar-refractivity contribution in [1.82, 2.24) is 24.5 Å². The number of amides is 1. The molecule has 3 aromatic heterocycles. The monoisotopic (exact) mass is 649 g/mol. The Balaban J connectivity index is 1.33. The van der Waals surface area contributed by atoms with Crippen LogP contribution in [0.25, 0.3) is 18.0 Å². The molecule has 238 valence electrons. The molecule has 12 nitrogen and oxygen atoms in total. The van der Waals surface area contributed by atoms with Gasteiger partial charge in [0.2, 0.25) is 11.9 Å². The molecule has 3 N–H and O–H groups in total. The number of nitrogens with one attached hydrogen (secondary N) is 2. The number of carbonyl (C=O) groups is 2. The molecule has 0 aliphatic heterocycles. The number of hydrogen-bond donors (Lipinski definition) is 3. The van der Waals surface area contributed by atoms with Crippen LogP contribution in [0, 0.1) is 6.92 Å². The van der Waals surface area contributed by atoms with Crippen molar-refractivity contribution in [2.24, 2.45) is 0 Å². The topological polar surface area (TPSA) is 163 Å². The molecular weight excluding hydrogens is 618 g/mol. The van der Waals surface area contributed by atoms with Crippen LogP contribution in [-0.4, -0.2) is 55.1 Å². The van der Waals surface area contributed by atoms with Gasteiger partial charge in [-0.3, -0.25) is 23.9 Å². The first kappa shape index (κ1) is 31.3. The molecule has 1 aliphatic carbocycles. The van der Waals surface area contributed by atoms with Crippen LogP contribution in [0.3, 0.4) is 0 Å². The highest BCUT2D eigenvalue weighted by Gasteiger charge is 2.27. The van der Waals surface area contributed by atoms with E-state index in [0.29, 0.717) is 11.3 Å². The summed E-state index contributed by atoms with van der Waals surface area (Å²) in [4.78, 5) is 67.3. The zero-order valence-corrected chi connectivity index (χ0v) is 26.7. The number of benzene rings is 2. The maximum Gasteiger partial charge on any atom is 0.334 e. The van der Waals surface area contributed by atoms with Gasteiger partial charge < -0.3 is 15.3 Å². The molecule has 0 spiro atoms. The van der Waals surface area contributed by atoms with Crippen LogP contribution in [0.5, 0.6) is 0 Å². The lowest BCUT2D eigenvalue weighted by atomic mass is 9.82. The van der Waals surface area contributed by atoms with Crippen LogP contribution in [0.4, 0.5) is 11.1 Å². The number of carboxylic acid groups (broad SMARTS) is 1. The Hall–Kier alpha value is -5.69. The predicted octanol–water partition coefficient (Wildman–Crippen LogP) is 4.01. The second kappa shape index (κ2) is 13.0. The lowest BCUT2D eigenvalue weighted by Crippen LogP contribution is -2.34. The zero-order chi connectivity index (χ0) is 33.2. The fraction of sp³-hybridized carbons (Fsp3) is 0.206. The number of nitrogens with zero attached hydrogens (tertiary/aromatic N) is 5. The smallest absolute Gasteiger partial charge is 0.334 e. The number of anilines is 2. The maximum absolute atomic E-state index is 13.5. The molecule has 1 aliphatic rings. The minimum Gasteiger partial charge on any atom is -0.481 e. The van der Waals surface area contributed by atoms with E-state index in [1.807, 2.05) is 19.1 Å². The predicted molar refractivity (Wildman–Crippen MR) is 180 cm³/mol. The number of hydrogen-bond acceptors (Lipinski definition) is 9. The summed E-state index contributed by atoms with van der Waals surface area (Å²) in [6.07, 6.45) is 7.77. The standard InChI is InChI=1S/C34H31N7O5S/c1-4-20-6-10-25-22(14-20)8-7-21-13-19(2)5-9-24(21)30(25)26-16-41(34(46)39-31(26)45)27-11-12-35-32(37-27)40(3)17-28(42)38-33-36-23(18-47-33)15-29(43)44/h5-14,16,18,30H,4,15,17H2,1-3H3,(H,43,44)(H,36,38,42)(H,39,45,46). The largest absolute Gasteiger partial charge is 0.481 e. The molecule has 1 atom stereocenters. The highest BCUT2D eigenvalue weighted by atomic mass is 32.1. The summed E-state index contributed by atoms with van der Waals surface area (Å²) >= 11 is 1.13. The summed E-state index contributed by atoms with van der Waals surface area (Å²) in [6.45, 7) is 3.97. The van der Waals surface area contributed by atoms with Gasteiger partial charge in [-0.1, -0.05) is 61.0 Å². The first-order valence-electron chi connectivity index (χ1n) is 14.9. The van der Waals surface area contributed by atoms with Crippen LogP contribution < -0.4 is 21.5 Å². The van der Waals surface area contributed by atoms with E-state index in [1.165, 1.54) is 27.4 Å². The number of aliphatic carboxylic acids is 1. The van der Waals surface area contributed by atoms with E-state index in [2.05, 4.69) is 68.6 Å². The van der Waals surface area contributed by atoms with Crippen molar-refractivity contribution in [3.63, 3.8) is 0 Å². The Kier molecular flexibility index (Phi) is 8.63. The van der Waals surface area contributed by atoms with E-state index in [4.69, 9.17) is 5.11 Å². The van der Waals surface area contributed by atoms with Gasteiger partial charge in [0, 0.05) is 42.4 Å². The van der Waals surface area contributed by atoms with Gasteiger partial charge in [-0.15, -0.1) is 11.3 Å². The number of H-pyrrole nitrogens is 1. The van der Waals surface area contributed by atoms with Crippen molar-refractivity contribution in [2.45, 2.75) is 32.6 Å². The summed E-state index contributed by atoms with van der Waals surface area (Å²) in [5.74, 6) is -1.52. The second-order valence-corrected chi connectivity index (χ2v) is 12.1. The van der Waals surface area contributed by atoms with Crippen LogP contribution >= 0.6 is 11.3 Å². The molecule has 2 aromatic carbocycles. The van der Waals surface area contributed by atoms with E-state index in [1.54, 1.807) is 18.5 Å². The summed E-state index contributed by atoms with van der Waals surface area (Å²) in [6, 6.07) is 13.9. The second-order valence-electron chi connectivity index (χ2n) is 11.3. The highest BCUT2D eigenvalue weighted by Crippen LogP contribution is 2.38. The Morgan fingerprint density at radius 1 is 1.04 bits per heavy atom. The van der Waals surface area contributed by atoms with Gasteiger partial charge in [0.15, 0.2) is 5.13 Å². The van der Waals surface area contributed by atoms with Gasteiger partial charge >= 0.3 is 11.7 Å². The van der Waals surface area contributed by atoms with Crippen molar-refractivity contribution in [3.05, 3.63) is 126 Å². The zero-order valence-electron chi connectivity index (χ0n) is 25.9. The minimum atomic E-state index is -1.01. The van der Waals surface area contributed by atoms with E-state index in [-0.39, 0.29) is 29.9 Å². The third-order valence-corrected chi connectivity index (χ3v) is 8.68. The normalized spacial score (nSPS) is 13.4. The lowest BCUT2D eigenvalue weighted by molar-refractivity contribution is -0.136. The molecule has 13 heteroatoms. The molecule has 0 saturated carbocycles. The molecule has 1 unspecified atom stereocenters. The third kappa shape index (κ3) is 6.65. The number of carbonyl (C=O) groups excluding carboxylic acids is 1. The summed E-state index contributed by atoms with van der Waals surface area (Å²) < 4.78 is 1.28. The van der Waals surface area contributed by atoms with Gasteiger partial charge in [-0.2, -0.15) is 4.98 Å². The number of thiazole rings is 1. The van der Waals surface area contributed by atoms with E-state index in [0.717, 1.165) is 45.6 Å². The van der Waals surface area contributed by atoms with Crippen LogP contribution in [0.2, 0.25) is 0 Å². The molecule has 1 amide bonds. The molecule has 0 saturated heterocycles. The molecule has 0 radical (unpaired) electrons. The Morgan fingerprint density at radius 2 is 1.79 bits per heavy atom. The number of fused-ring (bicyclic) bond motifs is 2. The quantitative estimate of drug-likeness (QED) is 0.210. The van der Waals surface area contributed by atoms with Gasteiger partial charge in [0.25, 0.3) is 5.56 Å². The number of carboxylic acids is 1. The fourth-order valence-corrected chi connectivity index (χ4v) is 6.33. The number of aryl methyl sites for hydroxylation is 2. The first-order chi connectivity index (χ1) is 22.6. The molecule has 3 heterocycles. The molecular formula is C34H31N7O5S. The molecule has 0 fully saturated rings. The van der Waals surface area contributed by atoms with Gasteiger partial charge in [-0.25, -0.2) is 14.8 Å². The highest BCUT2D eigenvalue weighted by molar-refractivity contribution is 7.13. The summed E-state index contributed by atoms with van der Waals surface area (Å²) in [7, 11) is 1.62. The Morgan fingerprint density at radius 3 is 2.53 bits per heavy atom. The average molecular weight is 650 g/mol. The van der Waals surface area contributed by atoms with E-state index >= 15 is 0 Å². The van der Waals surface area contributed by atoms with Crippen LogP contribution in [-0.2, 0) is 22.4 Å². The van der Waals surface area contributed by atoms with Gasteiger partial charge in [0.1, 0.15) is 5.82 Å². The lowest BCUT2D eigenvalue weighted by Gasteiger charge is -2.22. The molecule has 5 aromatic rings. The van der Waals surface area contributed by atoms with Crippen molar-refractivity contribution in [3.8, 4) is 5.82 Å². The van der Waals surface area contributed by atoms with E-state index < -0.39 is 29.0 Å². The number of aromatic amines is 1. The summed E-state index contributed by atoms with van der Waals surface area (Å²) in [5, 5.41) is 13.5. The number of aromatic nitrogens is 5. The van der Waals surface area contributed by atoms with Gasteiger partial charge in [0.05, 0.1) is 18.7 Å². The number of likely N-dealkylation sites (N-methyl/N-ethyl adjacent to an activating group) is 1. The Labute approximate surface area is 273 Å². The van der Waals surface area contributed by atoms with Crippen molar-refractivity contribution >= 4 is 46.4 Å². The van der Waals surface area contributed by atoms with Crippen LogP contribution in [0.15, 0.2) is 69.8 Å². The average Bonchev–Trinajstić information content (AvgIpc) is 3.40.